The molecule has 0 saturated heterocycles. The Morgan fingerprint density at radius 1 is 1.19 bits per heavy atom. The summed E-state index contributed by atoms with van der Waals surface area (Å²) in [4.78, 5) is 16.6. The highest BCUT2D eigenvalue weighted by molar-refractivity contribution is 5.94. The molecule has 1 atom stereocenters. The second-order valence-corrected chi connectivity index (χ2v) is 7.25. The van der Waals surface area contributed by atoms with Crippen LogP contribution in [0.1, 0.15) is 44.1 Å². The number of rotatable bonds is 7. The van der Waals surface area contributed by atoms with Crippen molar-refractivity contribution < 1.29 is 4.79 Å². The molecule has 1 aliphatic carbocycles. The van der Waals surface area contributed by atoms with Crippen LogP contribution in [0.2, 0.25) is 0 Å². The minimum absolute atomic E-state index is 0.146. The monoisotopic (exact) mass is 362 g/mol. The number of nitrogens with one attached hydrogen (secondary N) is 2. The fourth-order valence-electron chi connectivity index (χ4n) is 3.42. The van der Waals surface area contributed by atoms with Crippen molar-refractivity contribution in [1.82, 2.24) is 14.9 Å². The Balaban J connectivity index is 1.40. The van der Waals surface area contributed by atoms with Crippen molar-refractivity contribution in [3.63, 3.8) is 0 Å². The van der Waals surface area contributed by atoms with Gasteiger partial charge in [-0.05, 0) is 56.5 Å². The normalized spacial score (nSPS) is 15.0. The van der Waals surface area contributed by atoms with E-state index in [4.69, 9.17) is 4.98 Å². The smallest absolute Gasteiger partial charge is 0.227 e. The predicted molar refractivity (Wildman–Crippen MR) is 108 cm³/mol. The zero-order chi connectivity index (χ0) is 18.8. The lowest BCUT2D eigenvalue weighted by atomic mass is 10.1. The van der Waals surface area contributed by atoms with E-state index in [0.717, 1.165) is 36.4 Å². The van der Waals surface area contributed by atoms with Crippen LogP contribution in [0.15, 0.2) is 48.5 Å². The van der Waals surface area contributed by atoms with Crippen LogP contribution in [0.3, 0.4) is 0 Å². The summed E-state index contributed by atoms with van der Waals surface area (Å²) in [5.74, 6) is 1.43. The van der Waals surface area contributed by atoms with Gasteiger partial charge in [0.15, 0.2) is 0 Å². The summed E-state index contributed by atoms with van der Waals surface area (Å²) in [7, 11) is 0. The first kappa shape index (κ1) is 17.7. The number of benzene rings is 2. The molecule has 1 heterocycles. The van der Waals surface area contributed by atoms with E-state index in [1.165, 1.54) is 11.1 Å². The average molecular weight is 362 g/mol. The molecule has 3 aromatic rings. The molecule has 2 aromatic carbocycles. The number of carbonyl (C=O) groups is 1. The molecule has 5 heteroatoms. The van der Waals surface area contributed by atoms with Crippen molar-refractivity contribution in [2.24, 2.45) is 5.92 Å². The zero-order valence-corrected chi connectivity index (χ0v) is 15.9. The van der Waals surface area contributed by atoms with Crippen LogP contribution in [0.4, 0.5) is 5.69 Å². The Bertz CT molecular complexity index is 941. The summed E-state index contributed by atoms with van der Waals surface area (Å²) in [5, 5.41) is 6.55. The average Bonchev–Trinajstić information content (AvgIpc) is 3.48. The first-order valence-electron chi connectivity index (χ1n) is 9.74. The van der Waals surface area contributed by atoms with Crippen molar-refractivity contribution in [2.45, 2.75) is 45.8 Å². The maximum atomic E-state index is 11.9. The van der Waals surface area contributed by atoms with Gasteiger partial charge in [0, 0.05) is 24.2 Å². The van der Waals surface area contributed by atoms with Gasteiger partial charge in [-0.25, -0.2) is 4.98 Å². The standard InChI is InChI=1S/C22H26N4O/c1-3-26-20-7-5-4-6-19(20)25-21(26)14-23-15(2)16-10-12-18(13-11-16)24-22(27)17-8-9-17/h4-7,10-13,15,17,23H,3,8-9,14H2,1-2H3,(H,24,27)/t15-/m0/s1. The van der Waals surface area contributed by atoms with Crippen LogP contribution in [0.5, 0.6) is 0 Å². The summed E-state index contributed by atoms with van der Waals surface area (Å²) in [5.41, 5.74) is 4.29. The highest BCUT2D eigenvalue weighted by atomic mass is 16.2. The van der Waals surface area contributed by atoms with Crippen molar-refractivity contribution >= 4 is 22.6 Å². The van der Waals surface area contributed by atoms with E-state index in [1.54, 1.807) is 0 Å². The highest BCUT2D eigenvalue weighted by Crippen LogP contribution is 2.30. The van der Waals surface area contributed by atoms with Gasteiger partial charge in [0.2, 0.25) is 5.91 Å². The fraction of sp³-hybridized carbons (Fsp3) is 0.364. The molecule has 0 unspecified atom stereocenters. The topological polar surface area (TPSA) is 59.0 Å². The first-order valence-corrected chi connectivity index (χ1v) is 9.74. The second kappa shape index (κ2) is 7.53. The van der Waals surface area contributed by atoms with E-state index in [9.17, 15) is 4.79 Å². The van der Waals surface area contributed by atoms with Gasteiger partial charge in [0.25, 0.3) is 0 Å². The third-order valence-electron chi connectivity index (χ3n) is 5.24. The predicted octanol–water partition coefficient (Wildman–Crippen LogP) is 4.26. The molecular weight excluding hydrogens is 336 g/mol. The Labute approximate surface area is 159 Å². The molecular formula is C22H26N4O. The second-order valence-electron chi connectivity index (χ2n) is 7.25. The summed E-state index contributed by atoms with van der Waals surface area (Å²) in [6.07, 6.45) is 2.04. The molecule has 1 saturated carbocycles. The molecule has 1 aliphatic rings. The molecule has 1 fully saturated rings. The number of carbonyl (C=O) groups excluding carboxylic acids is 1. The van der Waals surface area contributed by atoms with Gasteiger partial charge < -0.3 is 15.2 Å². The highest BCUT2D eigenvalue weighted by Gasteiger charge is 2.29. The number of fused-ring (bicyclic) bond motifs is 1. The Morgan fingerprint density at radius 3 is 2.63 bits per heavy atom. The number of hydrogen-bond donors (Lipinski definition) is 2. The van der Waals surface area contributed by atoms with Crippen LogP contribution in [0.25, 0.3) is 11.0 Å². The summed E-state index contributed by atoms with van der Waals surface area (Å²) < 4.78 is 2.26. The fourth-order valence-corrected chi connectivity index (χ4v) is 3.42. The molecule has 0 spiro atoms. The van der Waals surface area contributed by atoms with Crippen LogP contribution < -0.4 is 10.6 Å². The number of aromatic nitrogens is 2. The summed E-state index contributed by atoms with van der Waals surface area (Å²) >= 11 is 0. The van der Waals surface area contributed by atoms with Gasteiger partial charge in [0.05, 0.1) is 17.6 Å². The lowest BCUT2D eigenvalue weighted by Gasteiger charge is -2.15. The van der Waals surface area contributed by atoms with E-state index in [2.05, 4.69) is 59.4 Å². The van der Waals surface area contributed by atoms with Crippen molar-refractivity contribution in [3.05, 3.63) is 59.9 Å². The van der Waals surface area contributed by atoms with Gasteiger partial charge in [-0.1, -0.05) is 24.3 Å². The van der Waals surface area contributed by atoms with Crippen LogP contribution in [-0.4, -0.2) is 15.5 Å². The third kappa shape index (κ3) is 3.88. The Hall–Kier alpha value is -2.66. The summed E-state index contributed by atoms with van der Waals surface area (Å²) in [6.45, 7) is 5.91. The molecule has 27 heavy (non-hydrogen) atoms. The number of para-hydroxylation sites is 2. The molecule has 5 nitrogen and oxygen atoms in total. The lowest BCUT2D eigenvalue weighted by molar-refractivity contribution is -0.117. The number of aryl methyl sites for hydroxylation is 1. The molecule has 0 bridgehead atoms. The van der Waals surface area contributed by atoms with Crippen LogP contribution >= 0.6 is 0 Å². The maximum absolute atomic E-state index is 11.9. The van der Waals surface area contributed by atoms with Gasteiger partial charge in [-0.3, -0.25) is 4.79 Å². The van der Waals surface area contributed by atoms with Crippen LogP contribution in [-0.2, 0) is 17.9 Å². The molecule has 4 rings (SSSR count). The van der Waals surface area contributed by atoms with E-state index in [1.807, 2.05) is 18.2 Å². The molecule has 1 amide bonds. The van der Waals surface area contributed by atoms with E-state index in [-0.39, 0.29) is 17.9 Å². The van der Waals surface area contributed by atoms with Crippen molar-refractivity contribution in [3.8, 4) is 0 Å². The molecule has 1 aromatic heterocycles. The van der Waals surface area contributed by atoms with E-state index in [0.29, 0.717) is 6.54 Å². The zero-order valence-electron chi connectivity index (χ0n) is 15.9. The Morgan fingerprint density at radius 2 is 1.93 bits per heavy atom. The SMILES string of the molecule is CCn1c(CN[C@@H](C)c2ccc(NC(=O)C3CC3)cc2)nc2ccccc21. The van der Waals surface area contributed by atoms with E-state index < -0.39 is 0 Å². The minimum atomic E-state index is 0.146. The number of imidazole rings is 1. The molecule has 0 aliphatic heterocycles. The molecule has 140 valence electrons. The Kier molecular flexibility index (Phi) is 4.94. The van der Waals surface area contributed by atoms with Gasteiger partial charge in [0.1, 0.15) is 5.82 Å². The van der Waals surface area contributed by atoms with Crippen molar-refractivity contribution in [1.29, 1.82) is 0 Å². The number of nitrogens with zero attached hydrogens (tertiary/aromatic N) is 2. The van der Waals surface area contributed by atoms with Gasteiger partial charge >= 0.3 is 0 Å². The minimum Gasteiger partial charge on any atom is -0.327 e. The number of hydrogen-bond acceptors (Lipinski definition) is 3. The molecule has 2 N–H and O–H groups in total. The molecule has 0 radical (unpaired) electrons. The van der Waals surface area contributed by atoms with Crippen molar-refractivity contribution in [2.75, 3.05) is 5.32 Å². The van der Waals surface area contributed by atoms with Crippen LogP contribution in [0, 0.1) is 5.92 Å². The quantitative estimate of drug-likeness (QED) is 0.660. The lowest BCUT2D eigenvalue weighted by Crippen LogP contribution is -2.20. The maximum Gasteiger partial charge on any atom is 0.227 e. The number of amides is 1. The third-order valence-corrected chi connectivity index (χ3v) is 5.24. The van der Waals surface area contributed by atoms with Gasteiger partial charge in [-0.2, -0.15) is 0 Å². The van der Waals surface area contributed by atoms with E-state index >= 15 is 0 Å². The first-order chi connectivity index (χ1) is 13.2. The largest absolute Gasteiger partial charge is 0.327 e. The summed E-state index contributed by atoms with van der Waals surface area (Å²) in [6, 6.07) is 16.6. The van der Waals surface area contributed by atoms with Gasteiger partial charge in [-0.15, -0.1) is 0 Å². The number of anilines is 1.